The second-order valence-electron chi connectivity index (χ2n) is 6.31. The molecule has 0 saturated carbocycles. The van der Waals surface area contributed by atoms with Gasteiger partial charge in [-0.15, -0.1) is 0 Å². The van der Waals surface area contributed by atoms with E-state index in [1.807, 2.05) is 31.2 Å². The molecule has 0 aliphatic carbocycles. The van der Waals surface area contributed by atoms with Gasteiger partial charge in [0.1, 0.15) is 0 Å². The van der Waals surface area contributed by atoms with Crippen molar-refractivity contribution < 1.29 is 9.90 Å². The number of hydrogen-bond donors (Lipinski definition) is 2. The summed E-state index contributed by atoms with van der Waals surface area (Å²) in [5, 5.41) is 16.3. The van der Waals surface area contributed by atoms with Crippen LogP contribution in [0.1, 0.15) is 30.0 Å². The summed E-state index contributed by atoms with van der Waals surface area (Å²) in [6.07, 6.45) is 0.593. The third-order valence-electron chi connectivity index (χ3n) is 4.50. The van der Waals surface area contributed by atoms with Crippen molar-refractivity contribution in [2.75, 3.05) is 0 Å². The molecule has 0 heterocycles. The minimum atomic E-state index is -1.86. The number of nitrogens with zero attached hydrogens (tertiary/aromatic N) is 1. The monoisotopic (exact) mass is 392 g/mol. The van der Waals surface area contributed by atoms with Gasteiger partial charge in [-0.3, -0.25) is 4.79 Å². The summed E-state index contributed by atoms with van der Waals surface area (Å²) in [6.45, 7) is 1.94. The first-order valence-corrected chi connectivity index (χ1v) is 9.40. The van der Waals surface area contributed by atoms with Crippen molar-refractivity contribution in [2.45, 2.75) is 18.9 Å². The van der Waals surface area contributed by atoms with Crippen LogP contribution in [0, 0.1) is 0 Å². The number of rotatable bonds is 6. The van der Waals surface area contributed by atoms with E-state index in [0.29, 0.717) is 28.3 Å². The van der Waals surface area contributed by atoms with Gasteiger partial charge in [-0.1, -0.05) is 91.3 Å². The maximum Gasteiger partial charge on any atom is 0.281 e. The van der Waals surface area contributed by atoms with E-state index >= 15 is 0 Å². The summed E-state index contributed by atoms with van der Waals surface area (Å²) in [6, 6.07) is 24.9. The van der Waals surface area contributed by atoms with E-state index in [4.69, 9.17) is 11.6 Å². The highest BCUT2D eigenvalue weighted by Crippen LogP contribution is 2.29. The molecule has 3 aromatic carbocycles. The number of hydrogen-bond acceptors (Lipinski definition) is 3. The van der Waals surface area contributed by atoms with Gasteiger partial charge in [-0.25, -0.2) is 5.43 Å². The Balaban J connectivity index is 1.96. The van der Waals surface area contributed by atoms with Gasteiger partial charge in [-0.2, -0.15) is 5.10 Å². The van der Waals surface area contributed by atoms with E-state index in [-0.39, 0.29) is 0 Å². The van der Waals surface area contributed by atoms with Crippen molar-refractivity contribution in [3.8, 4) is 0 Å². The Morgan fingerprint density at radius 2 is 1.54 bits per heavy atom. The van der Waals surface area contributed by atoms with Crippen LogP contribution in [0.25, 0.3) is 0 Å². The molecule has 5 heteroatoms. The van der Waals surface area contributed by atoms with E-state index in [9.17, 15) is 9.90 Å². The van der Waals surface area contributed by atoms with Crippen LogP contribution in [-0.2, 0) is 10.4 Å². The highest BCUT2D eigenvalue weighted by Gasteiger charge is 2.39. The fourth-order valence-electron chi connectivity index (χ4n) is 3.00. The van der Waals surface area contributed by atoms with E-state index in [2.05, 4.69) is 10.5 Å². The number of nitrogens with one attached hydrogen (secondary N) is 1. The number of carbonyl (C=O) groups is 1. The molecule has 0 atom stereocenters. The molecular weight excluding hydrogens is 372 g/mol. The van der Waals surface area contributed by atoms with Crippen LogP contribution < -0.4 is 5.43 Å². The number of amides is 1. The first-order chi connectivity index (χ1) is 13.6. The highest BCUT2D eigenvalue weighted by atomic mass is 35.5. The first-order valence-electron chi connectivity index (χ1n) is 9.02. The second-order valence-corrected chi connectivity index (χ2v) is 6.74. The van der Waals surface area contributed by atoms with Gasteiger partial charge in [0.2, 0.25) is 0 Å². The summed E-state index contributed by atoms with van der Waals surface area (Å²) < 4.78 is 0. The van der Waals surface area contributed by atoms with Crippen molar-refractivity contribution in [2.24, 2.45) is 5.10 Å². The fourth-order valence-corrected chi connectivity index (χ4v) is 3.19. The Labute approximate surface area is 169 Å². The third kappa shape index (κ3) is 4.14. The quantitative estimate of drug-likeness (QED) is 0.479. The molecule has 0 unspecified atom stereocenters. The molecule has 3 rings (SSSR count). The number of carbonyl (C=O) groups excluding carboxylic acids is 1. The standard InChI is InChI=1S/C23H21ClN2O2/c1-2-21(17-10-9-15-20(24)16-17)25-26-22(27)23(28,18-11-5-3-6-12-18)19-13-7-4-8-14-19/h3-16,28H,2H2,1H3,(H,26,27)/b25-21-. The molecular formula is C23H21ClN2O2. The Kier molecular flexibility index (Phi) is 6.24. The SMILES string of the molecule is CC/C(=N/NC(=O)C(O)(c1ccccc1)c1ccccc1)c1cccc(Cl)c1. The van der Waals surface area contributed by atoms with Crippen LogP contribution in [0.5, 0.6) is 0 Å². The number of benzene rings is 3. The van der Waals surface area contributed by atoms with E-state index < -0.39 is 11.5 Å². The van der Waals surface area contributed by atoms with Crippen LogP contribution in [0.3, 0.4) is 0 Å². The van der Waals surface area contributed by atoms with Gasteiger partial charge in [0.25, 0.3) is 5.91 Å². The summed E-state index contributed by atoms with van der Waals surface area (Å²) in [5.74, 6) is -0.627. The number of aliphatic hydroxyl groups is 1. The minimum Gasteiger partial charge on any atom is -0.372 e. The third-order valence-corrected chi connectivity index (χ3v) is 4.73. The molecule has 0 bridgehead atoms. The van der Waals surface area contributed by atoms with Crippen molar-refractivity contribution in [1.82, 2.24) is 5.43 Å². The molecule has 0 radical (unpaired) electrons. The van der Waals surface area contributed by atoms with Gasteiger partial charge in [-0.05, 0) is 35.2 Å². The Morgan fingerprint density at radius 1 is 0.964 bits per heavy atom. The molecule has 0 aliphatic rings. The van der Waals surface area contributed by atoms with E-state index in [0.717, 1.165) is 5.56 Å². The van der Waals surface area contributed by atoms with E-state index in [1.54, 1.807) is 60.7 Å². The molecule has 4 nitrogen and oxygen atoms in total. The van der Waals surface area contributed by atoms with Gasteiger partial charge in [0, 0.05) is 5.02 Å². The number of hydrazone groups is 1. The Morgan fingerprint density at radius 3 is 2.04 bits per heavy atom. The molecule has 0 fully saturated rings. The maximum atomic E-state index is 13.1. The normalized spacial score (nSPS) is 11.9. The second kappa shape index (κ2) is 8.83. The molecule has 142 valence electrons. The predicted octanol–water partition coefficient (Wildman–Crippen LogP) is 4.51. The Hall–Kier alpha value is -2.95. The van der Waals surface area contributed by atoms with Crippen molar-refractivity contribution in [1.29, 1.82) is 0 Å². The van der Waals surface area contributed by atoms with Crippen LogP contribution in [0.4, 0.5) is 0 Å². The van der Waals surface area contributed by atoms with Crippen LogP contribution in [0.15, 0.2) is 90.0 Å². The summed E-state index contributed by atoms with van der Waals surface area (Å²) >= 11 is 6.06. The smallest absolute Gasteiger partial charge is 0.281 e. The molecule has 1 amide bonds. The average Bonchev–Trinajstić information content (AvgIpc) is 2.74. The predicted molar refractivity (Wildman–Crippen MR) is 112 cm³/mol. The lowest BCUT2D eigenvalue weighted by Gasteiger charge is -2.27. The van der Waals surface area contributed by atoms with Crippen molar-refractivity contribution in [3.05, 3.63) is 107 Å². The Bertz CT molecular complexity index is 933. The van der Waals surface area contributed by atoms with Gasteiger partial charge < -0.3 is 5.11 Å². The minimum absolute atomic E-state index is 0.467. The fraction of sp³-hybridized carbons (Fsp3) is 0.130. The molecule has 0 spiro atoms. The number of halogens is 1. The highest BCUT2D eigenvalue weighted by molar-refractivity contribution is 6.31. The molecule has 3 aromatic rings. The van der Waals surface area contributed by atoms with Crippen molar-refractivity contribution in [3.63, 3.8) is 0 Å². The topological polar surface area (TPSA) is 61.7 Å². The van der Waals surface area contributed by atoms with Gasteiger partial charge in [0.15, 0.2) is 5.60 Å². The van der Waals surface area contributed by atoms with Crippen LogP contribution >= 0.6 is 11.6 Å². The summed E-state index contributed by atoms with van der Waals surface area (Å²) in [5.41, 5.74) is 3.10. The lowest BCUT2D eigenvalue weighted by Crippen LogP contribution is -2.44. The molecule has 0 saturated heterocycles. The zero-order valence-electron chi connectivity index (χ0n) is 15.5. The van der Waals surface area contributed by atoms with Crippen LogP contribution in [0.2, 0.25) is 5.02 Å². The lowest BCUT2D eigenvalue weighted by molar-refractivity contribution is -0.136. The molecule has 0 aromatic heterocycles. The molecule has 28 heavy (non-hydrogen) atoms. The zero-order chi connectivity index (χ0) is 20.0. The lowest BCUT2D eigenvalue weighted by atomic mass is 9.85. The molecule has 0 aliphatic heterocycles. The van der Waals surface area contributed by atoms with Crippen molar-refractivity contribution >= 4 is 23.2 Å². The van der Waals surface area contributed by atoms with Crippen LogP contribution in [-0.4, -0.2) is 16.7 Å². The molecule has 2 N–H and O–H groups in total. The van der Waals surface area contributed by atoms with E-state index in [1.165, 1.54) is 0 Å². The first kappa shape index (κ1) is 19.8. The van der Waals surface area contributed by atoms with Gasteiger partial charge >= 0.3 is 0 Å². The summed E-state index contributed by atoms with van der Waals surface area (Å²) in [4.78, 5) is 13.1. The summed E-state index contributed by atoms with van der Waals surface area (Å²) in [7, 11) is 0. The average molecular weight is 393 g/mol. The zero-order valence-corrected chi connectivity index (χ0v) is 16.2. The maximum absolute atomic E-state index is 13.1. The largest absolute Gasteiger partial charge is 0.372 e. The van der Waals surface area contributed by atoms with Gasteiger partial charge in [0.05, 0.1) is 5.71 Å².